The Labute approximate surface area is 132 Å². The SMILES string of the molecule is COc1ccc2c(c1O)[C@@]13CCCC=C1[C@H](C2)[N+](C)(C)CC3. The van der Waals surface area contributed by atoms with E-state index in [2.05, 4.69) is 26.2 Å². The topological polar surface area (TPSA) is 29.5 Å². The smallest absolute Gasteiger partial charge is 0.162 e. The predicted octanol–water partition coefficient (Wildman–Crippen LogP) is 3.15. The highest BCUT2D eigenvalue weighted by atomic mass is 16.5. The molecule has 1 aliphatic heterocycles. The number of benzene rings is 1. The molecule has 1 saturated heterocycles. The minimum Gasteiger partial charge on any atom is -0.504 e. The number of nitrogens with zero attached hydrogens (tertiary/aromatic N) is 1. The molecule has 22 heavy (non-hydrogen) atoms. The monoisotopic (exact) mass is 300 g/mol. The van der Waals surface area contributed by atoms with Crippen LogP contribution in [0.3, 0.4) is 0 Å². The normalized spacial score (nSPS) is 31.8. The van der Waals surface area contributed by atoms with Crippen molar-refractivity contribution in [1.29, 1.82) is 0 Å². The molecule has 1 aromatic rings. The Bertz CT molecular complexity index is 662. The highest BCUT2D eigenvalue weighted by molar-refractivity contribution is 5.60. The van der Waals surface area contributed by atoms with Crippen LogP contribution in [-0.2, 0) is 11.8 Å². The van der Waals surface area contributed by atoms with Gasteiger partial charge < -0.3 is 14.3 Å². The lowest BCUT2D eigenvalue weighted by Crippen LogP contribution is -2.62. The molecule has 0 unspecified atom stereocenters. The number of allylic oxidation sites excluding steroid dienone is 1. The Kier molecular flexibility index (Phi) is 2.90. The Balaban J connectivity index is 1.99. The zero-order chi connectivity index (χ0) is 15.5. The molecule has 0 spiro atoms. The predicted molar refractivity (Wildman–Crippen MR) is 87.4 cm³/mol. The van der Waals surface area contributed by atoms with E-state index in [1.807, 2.05) is 6.07 Å². The molecule has 1 fully saturated rings. The average molecular weight is 300 g/mol. The number of ether oxygens (including phenoxy) is 1. The Morgan fingerprint density at radius 1 is 1.27 bits per heavy atom. The number of piperidine rings is 1. The molecule has 0 saturated carbocycles. The minimum absolute atomic E-state index is 0.0584. The lowest BCUT2D eigenvalue weighted by Gasteiger charge is -2.56. The van der Waals surface area contributed by atoms with Gasteiger partial charge >= 0.3 is 0 Å². The van der Waals surface area contributed by atoms with Gasteiger partial charge in [-0.1, -0.05) is 12.1 Å². The first-order valence-corrected chi connectivity index (χ1v) is 8.42. The van der Waals surface area contributed by atoms with E-state index in [1.165, 1.54) is 36.9 Å². The van der Waals surface area contributed by atoms with Crippen molar-refractivity contribution in [3.05, 3.63) is 34.9 Å². The molecule has 2 bridgehead atoms. The maximum Gasteiger partial charge on any atom is 0.162 e. The summed E-state index contributed by atoms with van der Waals surface area (Å²) in [7, 11) is 6.36. The largest absolute Gasteiger partial charge is 0.504 e. The fourth-order valence-electron chi connectivity index (χ4n) is 5.18. The van der Waals surface area contributed by atoms with Crippen molar-refractivity contribution in [2.45, 2.75) is 43.6 Å². The third-order valence-corrected chi connectivity index (χ3v) is 6.38. The van der Waals surface area contributed by atoms with Crippen LogP contribution in [0.5, 0.6) is 11.5 Å². The van der Waals surface area contributed by atoms with Gasteiger partial charge in [0.25, 0.3) is 0 Å². The summed E-state index contributed by atoms with van der Waals surface area (Å²) in [6.45, 7) is 1.18. The number of phenols is 1. The van der Waals surface area contributed by atoms with E-state index in [-0.39, 0.29) is 5.41 Å². The minimum atomic E-state index is 0.0584. The van der Waals surface area contributed by atoms with Gasteiger partial charge in [0, 0.05) is 23.8 Å². The molecule has 0 radical (unpaired) electrons. The van der Waals surface area contributed by atoms with Crippen molar-refractivity contribution in [3.63, 3.8) is 0 Å². The first-order valence-electron chi connectivity index (χ1n) is 8.42. The van der Waals surface area contributed by atoms with Crippen LogP contribution < -0.4 is 4.74 Å². The Morgan fingerprint density at radius 3 is 2.86 bits per heavy atom. The van der Waals surface area contributed by atoms with Crippen LogP contribution in [0.1, 0.15) is 36.8 Å². The quantitative estimate of drug-likeness (QED) is 0.638. The molecule has 118 valence electrons. The number of fused-ring (bicyclic) bond motifs is 1. The molecule has 3 aliphatic rings. The van der Waals surface area contributed by atoms with Crippen molar-refractivity contribution in [2.75, 3.05) is 27.7 Å². The Morgan fingerprint density at radius 2 is 2.09 bits per heavy atom. The van der Waals surface area contributed by atoms with E-state index in [0.717, 1.165) is 17.3 Å². The summed E-state index contributed by atoms with van der Waals surface area (Å²) < 4.78 is 6.46. The van der Waals surface area contributed by atoms with E-state index < -0.39 is 0 Å². The summed E-state index contributed by atoms with van der Waals surface area (Å²) in [6, 6.07) is 4.67. The molecule has 2 aliphatic carbocycles. The van der Waals surface area contributed by atoms with Gasteiger partial charge in [-0.2, -0.15) is 0 Å². The first kappa shape index (κ1) is 14.1. The number of rotatable bonds is 1. The second-order valence-electron chi connectivity index (χ2n) is 7.76. The van der Waals surface area contributed by atoms with Crippen molar-refractivity contribution in [2.24, 2.45) is 0 Å². The van der Waals surface area contributed by atoms with Crippen molar-refractivity contribution in [1.82, 2.24) is 0 Å². The number of hydrogen-bond acceptors (Lipinski definition) is 2. The number of likely N-dealkylation sites (tertiary alicyclic amines) is 1. The molecule has 0 aromatic heterocycles. The standard InChI is InChI=1S/C19H25NO2/c1-20(2)11-10-19-9-5-4-6-14(19)15(20)12-13-7-8-16(22-3)18(21)17(13)19/h6-8,15H,4-5,9-12H2,1-3H3/p+1/t15-,19+/m0/s1. The molecule has 3 heteroatoms. The lowest BCUT2D eigenvalue weighted by molar-refractivity contribution is -0.915. The van der Waals surface area contributed by atoms with Crippen molar-refractivity contribution < 1.29 is 14.3 Å². The summed E-state index contributed by atoms with van der Waals surface area (Å²) in [5.41, 5.74) is 4.15. The van der Waals surface area contributed by atoms with Crippen molar-refractivity contribution >= 4 is 0 Å². The molecule has 2 atom stereocenters. The van der Waals surface area contributed by atoms with Gasteiger partial charge in [-0.3, -0.25) is 0 Å². The highest BCUT2D eigenvalue weighted by Crippen LogP contribution is 2.58. The van der Waals surface area contributed by atoms with Gasteiger partial charge in [-0.15, -0.1) is 0 Å². The number of phenolic OH excluding ortho intramolecular Hbond substituents is 1. The fraction of sp³-hybridized carbons (Fsp3) is 0.579. The maximum absolute atomic E-state index is 10.9. The molecule has 1 aromatic carbocycles. The van der Waals surface area contributed by atoms with E-state index in [1.54, 1.807) is 12.7 Å². The van der Waals surface area contributed by atoms with Gasteiger partial charge in [0.15, 0.2) is 11.5 Å². The maximum atomic E-state index is 10.9. The van der Waals surface area contributed by atoms with Gasteiger partial charge in [0.2, 0.25) is 0 Å². The second kappa shape index (κ2) is 4.51. The van der Waals surface area contributed by atoms with Crippen molar-refractivity contribution in [3.8, 4) is 11.5 Å². The molecule has 1 N–H and O–H groups in total. The fourth-order valence-corrected chi connectivity index (χ4v) is 5.18. The second-order valence-corrected chi connectivity index (χ2v) is 7.76. The van der Waals surface area contributed by atoms with Crippen LogP contribution in [0.2, 0.25) is 0 Å². The summed E-state index contributed by atoms with van der Waals surface area (Å²) in [4.78, 5) is 0. The molecule has 4 rings (SSSR count). The van der Waals surface area contributed by atoms with E-state index in [0.29, 0.717) is 17.5 Å². The van der Waals surface area contributed by atoms with E-state index >= 15 is 0 Å². The van der Waals surface area contributed by atoms with Crippen LogP contribution >= 0.6 is 0 Å². The third kappa shape index (κ3) is 1.66. The molecule has 0 amide bonds. The van der Waals surface area contributed by atoms with Crippen LogP contribution in [0.25, 0.3) is 0 Å². The molecular formula is C19H26NO2+. The number of likely N-dealkylation sites (N-methyl/N-ethyl adjacent to an activating group) is 1. The average Bonchev–Trinajstić information content (AvgIpc) is 2.51. The highest BCUT2D eigenvalue weighted by Gasteiger charge is 2.55. The van der Waals surface area contributed by atoms with Gasteiger partial charge in [0.1, 0.15) is 6.04 Å². The number of methoxy groups -OCH3 is 1. The molecule has 3 nitrogen and oxygen atoms in total. The first-order chi connectivity index (χ1) is 10.5. The van der Waals surface area contributed by atoms with Gasteiger partial charge in [-0.05, 0) is 36.5 Å². The molecule has 1 heterocycles. The number of hydrogen-bond donors (Lipinski definition) is 1. The van der Waals surface area contributed by atoms with Crippen LogP contribution in [-0.4, -0.2) is 43.4 Å². The summed E-state index contributed by atoms with van der Waals surface area (Å²) in [5.74, 6) is 1.01. The van der Waals surface area contributed by atoms with E-state index in [9.17, 15) is 5.11 Å². The lowest BCUT2D eigenvalue weighted by atomic mass is 9.56. The van der Waals surface area contributed by atoms with Gasteiger partial charge in [0.05, 0.1) is 27.7 Å². The number of aromatic hydroxyl groups is 1. The van der Waals surface area contributed by atoms with Crippen LogP contribution in [0.4, 0.5) is 0 Å². The van der Waals surface area contributed by atoms with E-state index in [4.69, 9.17) is 4.74 Å². The summed E-state index contributed by atoms with van der Waals surface area (Å²) in [6.07, 6.45) is 8.23. The Hall–Kier alpha value is -1.48. The van der Waals surface area contributed by atoms with Crippen LogP contribution in [0, 0.1) is 0 Å². The third-order valence-electron chi connectivity index (χ3n) is 6.38. The zero-order valence-corrected chi connectivity index (χ0v) is 13.9. The summed E-state index contributed by atoms with van der Waals surface area (Å²) in [5, 5.41) is 10.9. The van der Waals surface area contributed by atoms with Gasteiger partial charge in [-0.25, -0.2) is 0 Å². The molecular weight excluding hydrogens is 274 g/mol. The number of quaternary nitrogens is 1. The summed E-state index contributed by atoms with van der Waals surface area (Å²) >= 11 is 0. The zero-order valence-electron chi connectivity index (χ0n) is 13.9. The van der Waals surface area contributed by atoms with Crippen LogP contribution in [0.15, 0.2) is 23.8 Å².